The number of hydrogen-bond donors (Lipinski definition) is 1. The second kappa shape index (κ2) is 10.3. The van der Waals surface area contributed by atoms with Crippen LogP contribution in [0.25, 0.3) is 0 Å². The molecule has 7 nitrogen and oxygen atoms in total. The molecule has 3 aromatic carbocycles. The van der Waals surface area contributed by atoms with E-state index in [9.17, 15) is 21.6 Å². The zero-order valence-corrected chi connectivity index (χ0v) is 20.4. The molecule has 0 amide bonds. The molecule has 1 aliphatic rings. The van der Waals surface area contributed by atoms with Crippen LogP contribution in [0, 0.1) is 0 Å². The van der Waals surface area contributed by atoms with Gasteiger partial charge >= 0.3 is 6.18 Å². The molecule has 0 aromatic heterocycles. The van der Waals surface area contributed by atoms with E-state index in [0.717, 1.165) is 18.2 Å². The number of rotatable bonds is 8. The first-order chi connectivity index (χ1) is 17.0. The average Bonchev–Trinajstić information content (AvgIpc) is 3.23. The summed E-state index contributed by atoms with van der Waals surface area (Å²) in [6.07, 6.45) is -4.49. The van der Waals surface area contributed by atoms with Crippen LogP contribution in [0.3, 0.4) is 0 Å². The van der Waals surface area contributed by atoms with Crippen molar-refractivity contribution >= 4 is 15.7 Å². The lowest BCUT2D eigenvalue weighted by molar-refractivity contribution is -0.139. The number of benzene rings is 3. The molecule has 36 heavy (non-hydrogen) atoms. The monoisotopic (exact) mass is 522 g/mol. The highest BCUT2D eigenvalue weighted by Crippen LogP contribution is 2.39. The van der Waals surface area contributed by atoms with Gasteiger partial charge in [0.25, 0.3) is 10.0 Å². The van der Waals surface area contributed by atoms with Crippen molar-refractivity contribution in [3.8, 4) is 23.0 Å². The summed E-state index contributed by atoms with van der Waals surface area (Å²) in [5.41, 5.74) is -1.00. The van der Waals surface area contributed by atoms with Gasteiger partial charge in [0, 0.05) is 19.2 Å². The fourth-order valence-corrected chi connectivity index (χ4v) is 4.87. The van der Waals surface area contributed by atoms with Crippen molar-refractivity contribution in [2.45, 2.75) is 23.6 Å². The molecule has 4 rings (SSSR count). The summed E-state index contributed by atoms with van der Waals surface area (Å²) in [7, 11) is -0.732. The van der Waals surface area contributed by atoms with Crippen molar-refractivity contribution in [3.63, 3.8) is 0 Å². The van der Waals surface area contributed by atoms with Gasteiger partial charge in [0.05, 0.1) is 23.3 Å². The van der Waals surface area contributed by atoms with Gasteiger partial charge < -0.3 is 19.1 Å². The van der Waals surface area contributed by atoms with Gasteiger partial charge in [-0.25, -0.2) is 8.42 Å². The summed E-state index contributed by atoms with van der Waals surface area (Å²) in [4.78, 5) is 1.86. The molecule has 3 aromatic rings. The van der Waals surface area contributed by atoms with Crippen LogP contribution in [0.4, 0.5) is 18.9 Å². The molecule has 1 aliphatic heterocycles. The number of halogens is 3. The Bertz CT molecular complexity index is 1310. The number of methoxy groups -OCH3 is 1. The average molecular weight is 523 g/mol. The van der Waals surface area contributed by atoms with E-state index >= 15 is 0 Å². The zero-order valence-electron chi connectivity index (χ0n) is 19.6. The molecule has 0 unspecified atom stereocenters. The second-order valence-corrected chi connectivity index (χ2v) is 10.0. The minimum atomic E-state index is -4.64. The topological polar surface area (TPSA) is 77.1 Å². The number of likely N-dealkylation sites (tertiary alicyclic amines) is 1. The number of sulfonamides is 1. The second-order valence-electron chi connectivity index (χ2n) is 8.33. The van der Waals surface area contributed by atoms with E-state index in [4.69, 9.17) is 14.2 Å². The van der Waals surface area contributed by atoms with Crippen LogP contribution in [0.15, 0.2) is 71.6 Å². The number of ether oxygens (including phenoxy) is 3. The van der Waals surface area contributed by atoms with Crippen molar-refractivity contribution in [3.05, 3.63) is 72.3 Å². The van der Waals surface area contributed by atoms with Crippen LogP contribution < -0.4 is 18.9 Å². The lowest BCUT2D eigenvalue weighted by atomic mass is 10.1. The van der Waals surface area contributed by atoms with Crippen LogP contribution in [-0.2, 0) is 16.2 Å². The third-order valence-electron chi connectivity index (χ3n) is 5.61. The Balaban J connectivity index is 1.53. The number of para-hydroxylation sites is 2. The van der Waals surface area contributed by atoms with Crippen LogP contribution in [0.5, 0.6) is 23.0 Å². The minimum Gasteiger partial charge on any atom is -0.493 e. The fourth-order valence-electron chi connectivity index (χ4n) is 3.82. The van der Waals surface area contributed by atoms with Gasteiger partial charge in [-0.3, -0.25) is 4.72 Å². The quantitative estimate of drug-likeness (QED) is 0.428. The Kier molecular flexibility index (Phi) is 7.32. The summed E-state index contributed by atoms with van der Waals surface area (Å²) < 4.78 is 85.3. The molecule has 1 atom stereocenters. The number of anilines is 1. The highest BCUT2D eigenvalue weighted by atomic mass is 32.2. The number of likely N-dealkylation sites (N-methyl/N-ethyl adjacent to an activating group) is 1. The molecule has 192 valence electrons. The Morgan fingerprint density at radius 1 is 0.972 bits per heavy atom. The van der Waals surface area contributed by atoms with E-state index in [-0.39, 0.29) is 10.6 Å². The molecule has 0 radical (unpaired) electrons. The minimum absolute atomic E-state index is 0.0429. The van der Waals surface area contributed by atoms with E-state index in [1.165, 1.54) is 31.4 Å². The lowest BCUT2D eigenvalue weighted by Gasteiger charge is -2.19. The summed E-state index contributed by atoms with van der Waals surface area (Å²) in [5, 5.41) is 0. The Hall–Kier alpha value is -3.44. The van der Waals surface area contributed by atoms with Crippen molar-refractivity contribution in [2.75, 3.05) is 32.0 Å². The van der Waals surface area contributed by atoms with Crippen molar-refractivity contribution in [1.82, 2.24) is 4.90 Å². The van der Waals surface area contributed by atoms with Crippen LogP contribution in [-0.4, -0.2) is 46.7 Å². The van der Waals surface area contributed by atoms with E-state index in [1.807, 2.05) is 11.9 Å². The smallest absolute Gasteiger partial charge is 0.419 e. The zero-order chi connectivity index (χ0) is 25.9. The highest BCUT2D eigenvalue weighted by Gasteiger charge is 2.36. The summed E-state index contributed by atoms with van der Waals surface area (Å²) in [5.74, 6) is 0.939. The Labute approximate surface area is 207 Å². The van der Waals surface area contributed by atoms with Crippen molar-refractivity contribution < 1.29 is 35.8 Å². The van der Waals surface area contributed by atoms with E-state index in [2.05, 4.69) is 4.72 Å². The molecule has 0 saturated carbocycles. The highest BCUT2D eigenvalue weighted by molar-refractivity contribution is 7.92. The van der Waals surface area contributed by atoms with Crippen molar-refractivity contribution in [1.29, 1.82) is 0 Å². The van der Waals surface area contributed by atoms with Gasteiger partial charge in [0.15, 0.2) is 11.5 Å². The third-order valence-corrected chi connectivity index (χ3v) is 7.01. The van der Waals surface area contributed by atoms with Gasteiger partial charge in [-0.05, 0) is 62.0 Å². The van der Waals surface area contributed by atoms with E-state index < -0.39 is 33.6 Å². The number of nitrogens with zero attached hydrogens (tertiary/aromatic N) is 1. The van der Waals surface area contributed by atoms with Gasteiger partial charge in [0.1, 0.15) is 17.6 Å². The first-order valence-electron chi connectivity index (χ1n) is 11.1. The lowest BCUT2D eigenvalue weighted by Crippen LogP contribution is -2.23. The summed E-state index contributed by atoms with van der Waals surface area (Å²) in [6.45, 7) is 1.19. The largest absolute Gasteiger partial charge is 0.493 e. The standard InChI is InChI=1S/C25H25F3N2O5S/c1-30-14-13-19(16-30)35-24-15-17(7-12-21(24)25(26,27)28)29-36(31,32)20-10-8-18(9-11-20)34-23-6-4-3-5-22(23)33-2/h3-12,15,19,29H,13-14,16H2,1-2H3/t19-/m1/s1. The molecule has 1 saturated heterocycles. The Morgan fingerprint density at radius 3 is 2.28 bits per heavy atom. The molecular weight excluding hydrogens is 497 g/mol. The maximum absolute atomic E-state index is 13.5. The molecule has 0 bridgehead atoms. The summed E-state index contributed by atoms with van der Waals surface area (Å²) >= 11 is 0. The predicted octanol–water partition coefficient (Wildman–Crippen LogP) is 5.39. The Morgan fingerprint density at radius 2 is 1.67 bits per heavy atom. The molecule has 0 spiro atoms. The van der Waals surface area contributed by atoms with Crippen LogP contribution in [0.2, 0.25) is 0 Å². The van der Waals surface area contributed by atoms with E-state index in [0.29, 0.717) is 36.8 Å². The molecule has 1 fully saturated rings. The number of nitrogens with one attached hydrogen (secondary N) is 1. The van der Waals surface area contributed by atoms with Gasteiger partial charge in [-0.15, -0.1) is 0 Å². The third kappa shape index (κ3) is 6.03. The maximum Gasteiger partial charge on any atom is 0.419 e. The molecule has 11 heteroatoms. The van der Waals surface area contributed by atoms with Crippen LogP contribution in [0.1, 0.15) is 12.0 Å². The number of alkyl halides is 3. The normalized spacial score (nSPS) is 16.5. The fraction of sp³-hybridized carbons (Fsp3) is 0.280. The maximum atomic E-state index is 13.5. The van der Waals surface area contributed by atoms with Crippen LogP contribution >= 0.6 is 0 Å². The summed E-state index contributed by atoms with van der Waals surface area (Å²) in [6, 6.07) is 15.6. The first kappa shape index (κ1) is 25.6. The SMILES string of the molecule is COc1ccccc1Oc1ccc(S(=O)(=O)Nc2ccc(C(F)(F)F)c(O[C@@H]3CCN(C)C3)c2)cc1. The molecule has 0 aliphatic carbocycles. The molecule has 1 heterocycles. The molecule has 1 N–H and O–H groups in total. The first-order valence-corrected chi connectivity index (χ1v) is 12.5. The van der Waals surface area contributed by atoms with Crippen molar-refractivity contribution in [2.24, 2.45) is 0 Å². The number of hydrogen-bond acceptors (Lipinski definition) is 6. The molecular formula is C25H25F3N2O5S. The van der Waals surface area contributed by atoms with Gasteiger partial charge in [-0.2, -0.15) is 13.2 Å². The predicted molar refractivity (Wildman–Crippen MR) is 128 cm³/mol. The van der Waals surface area contributed by atoms with Gasteiger partial charge in [0.2, 0.25) is 0 Å². The van der Waals surface area contributed by atoms with Gasteiger partial charge in [-0.1, -0.05) is 12.1 Å². The van der Waals surface area contributed by atoms with E-state index in [1.54, 1.807) is 24.3 Å².